The number of hydrogen-bond donors (Lipinski definition) is 0. The Morgan fingerprint density at radius 2 is 1.04 bits per heavy atom. The molecule has 0 aliphatic carbocycles. The minimum absolute atomic E-state index is 0.828. The highest BCUT2D eigenvalue weighted by Crippen LogP contribution is 2.41. The van der Waals surface area contributed by atoms with Crippen LogP contribution in [0.15, 0.2) is 205 Å². The van der Waals surface area contributed by atoms with Crippen molar-refractivity contribution in [2.75, 3.05) is 4.90 Å². The largest absolute Gasteiger partial charge is 0.456 e. The number of furan rings is 1. The molecular formula is C51H33N3O. The number of fused-ring (bicyclic) bond motifs is 7. The zero-order valence-electron chi connectivity index (χ0n) is 29.8. The molecule has 0 N–H and O–H groups in total. The molecule has 0 aliphatic rings. The van der Waals surface area contributed by atoms with Crippen LogP contribution in [0, 0.1) is 0 Å². The topological polar surface area (TPSA) is 34.2 Å². The second kappa shape index (κ2) is 12.6. The number of para-hydroxylation sites is 2. The summed E-state index contributed by atoms with van der Waals surface area (Å²) in [5.41, 5.74) is 13.0. The Hall–Kier alpha value is -7.43. The Labute approximate surface area is 317 Å². The molecule has 55 heavy (non-hydrogen) atoms. The normalized spacial score (nSPS) is 11.6. The summed E-state index contributed by atoms with van der Waals surface area (Å²) in [5.74, 6) is 0. The molecule has 0 unspecified atom stereocenters. The van der Waals surface area contributed by atoms with Crippen molar-refractivity contribution < 1.29 is 4.42 Å². The molecule has 3 aromatic heterocycles. The standard InChI is InChI=1S/C51H33N3O/c1-2-10-34(11-3-1)37-20-21-39-31-42(23-22-38(39)28-37)53(43-24-25-46-47-33-52-27-26-50(47)55-51(46)32-43)40-14-8-12-35(29-40)36-13-9-15-41(30-36)54-48-18-6-4-16-44(48)45-17-5-7-19-49(45)54/h1-33H. The lowest BCUT2D eigenvalue weighted by molar-refractivity contribution is 0.668. The maximum Gasteiger partial charge on any atom is 0.138 e. The van der Waals surface area contributed by atoms with E-state index in [0.717, 1.165) is 55.8 Å². The first-order valence-electron chi connectivity index (χ1n) is 18.6. The Morgan fingerprint density at radius 3 is 1.87 bits per heavy atom. The number of nitrogens with zero attached hydrogens (tertiary/aromatic N) is 3. The van der Waals surface area contributed by atoms with Crippen molar-refractivity contribution in [1.29, 1.82) is 0 Å². The number of hydrogen-bond acceptors (Lipinski definition) is 3. The molecule has 0 radical (unpaired) electrons. The van der Waals surface area contributed by atoms with Crippen molar-refractivity contribution in [3.63, 3.8) is 0 Å². The average Bonchev–Trinajstić information content (AvgIpc) is 3.80. The van der Waals surface area contributed by atoms with Gasteiger partial charge >= 0.3 is 0 Å². The van der Waals surface area contributed by atoms with Crippen molar-refractivity contribution in [2.24, 2.45) is 0 Å². The molecular weight excluding hydrogens is 671 g/mol. The molecule has 8 aromatic carbocycles. The Bertz CT molecular complexity index is 3180. The van der Waals surface area contributed by atoms with Gasteiger partial charge in [-0.15, -0.1) is 0 Å². The first kappa shape index (κ1) is 31.1. The molecule has 0 spiro atoms. The molecule has 0 atom stereocenters. The second-order valence-corrected chi connectivity index (χ2v) is 14.1. The van der Waals surface area contributed by atoms with Gasteiger partial charge in [0.25, 0.3) is 0 Å². The minimum atomic E-state index is 0.828. The molecule has 3 heterocycles. The highest BCUT2D eigenvalue weighted by atomic mass is 16.3. The molecule has 4 nitrogen and oxygen atoms in total. The van der Waals surface area contributed by atoms with Crippen molar-refractivity contribution in [3.05, 3.63) is 200 Å². The third-order valence-electron chi connectivity index (χ3n) is 10.8. The van der Waals surface area contributed by atoms with Crippen LogP contribution in [0.3, 0.4) is 0 Å². The first-order valence-corrected chi connectivity index (χ1v) is 18.6. The number of pyridine rings is 1. The van der Waals surface area contributed by atoms with E-state index < -0.39 is 0 Å². The predicted octanol–water partition coefficient (Wildman–Crippen LogP) is 14.0. The molecule has 4 heteroatoms. The maximum absolute atomic E-state index is 6.37. The van der Waals surface area contributed by atoms with E-state index in [-0.39, 0.29) is 0 Å². The van der Waals surface area contributed by atoms with Gasteiger partial charge in [-0.05, 0) is 106 Å². The summed E-state index contributed by atoms with van der Waals surface area (Å²) in [6.07, 6.45) is 3.65. The van der Waals surface area contributed by atoms with Gasteiger partial charge in [0, 0.05) is 62.8 Å². The summed E-state index contributed by atoms with van der Waals surface area (Å²) in [6, 6.07) is 67.4. The van der Waals surface area contributed by atoms with Gasteiger partial charge in [0.2, 0.25) is 0 Å². The quantitative estimate of drug-likeness (QED) is 0.173. The van der Waals surface area contributed by atoms with E-state index in [0.29, 0.717) is 0 Å². The highest BCUT2D eigenvalue weighted by Gasteiger charge is 2.18. The van der Waals surface area contributed by atoms with E-state index in [1.807, 2.05) is 12.3 Å². The summed E-state index contributed by atoms with van der Waals surface area (Å²) < 4.78 is 8.75. The Morgan fingerprint density at radius 1 is 0.400 bits per heavy atom. The fourth-order valence-corrected chi connectivity index (χ4v) is 8.23. The molecule has 0 aliphatic heterocycles. The molecule has 11 rings (SSSR count). The molecule has 0 bridgehead atoms. The summed E-state index contributed by atoms with van der Waals surface area (Å²) in [4.78, 5) is 6.69. The van der Waals surface area contributed by atoms with Crippen LogP contribution < -0.4 is 4.90 Å². The number of benzene rings is 8. The molecule has 258 valence electrons. The Balaban J connectivity index is 1.05. The zero-order valence-corrected chi connectivity index (χ0v) is 29.8. The third kappa shape index (κ3) is 5.26. The summed E-state index contributed by atoms with van der Waals surface area (Å²) in [5, 5.41) is 6.94. The van der Waals surface area contributed by atoms with Crippen LogP contribution in [-0.2, 0) is 0 Å². The average molecular weight is 704 g/mol. The SMILES string of the molecule is c1ccc(-c2ccc3cc(N(c4cccc(-c5cccc(-n6c7ccccc7c7ccccc76)c5)c4)c4ccc5c(c4)oc4ccncc45)ccc3c2)cc1. The summed E-state index contributed by atoms with van der Waals surface area (Å²) in [6.45, 7) is 0. The van der Waals surface area contributed by atoms with Gasteiger partial charge in [-0.2, -0.15) is 0 Å². The summed E-state index contributed by atoms with van der Waals surface area (Å²) >= 11 is 0. The van der Waals surface area contributed by atoms with Gasteiger partial charge < -0.3 is 13.9 Å². The van der Waals surface area contributed by atoms with Crippen LogP contribution in [-0.4, -0.2) is 9.55 Å². The lowest BCUT2D eigenvalue weighted by Crippen LogP contribution is -2.10. The highest BCUT2D eigenvalue weighted by molar-refractivity contribution is 6.09. The smallest absolute Gasteiger partial charge is 0.138 e. The lowest BCUT2D eigenvalue weighted by Gasteiger charge is -2.26. The van der Waals surface area contributed by atoms with Gasteiger partial charge in [-0.25, -0.2) is 0 Å². The van der Waals surface area contributed by atoms with E-state index in [2.05, 4.69) is 196 Å². The number of aromatic nitrogens is 2. The molecule has 0 amide bonds. The first-order chi connectivity index (χ1) is 27.2. The Kier molecular flexibility index (Phi) is 7.14. The van der Waals surface area contributed by atoms with Gasteiger partial charge in [-0.3, -0.25) is 4.98 Å². The van der Waals surface area contributed by atoms with Crippen molar-refractivity contribution >= 4 is 71.6 Å². The fraction of sp³-hybridized carbons (Fsp3) is 0. The van der Waals surface area contributed by atoms with Gasteiger partial charge in [0.1, 0.15) is 11.2 Å². The fourth-order valence-electron chi connectivity index (χ4n) is 8.23. The van der Waals surface area contributed by atoms with E-state index >= 15 is 0 Å². The second-order valence-electron chi connectivity index (χ2n) is 14.1. The number of anilines is 3. The van der Waals surface area contributed by atoms with E-state index in [1.54, 1.807) is 6.20 Å². The summed E-state index contributed by atoms with van der Waals surface area (Å²) in [7, 11) is 0. The van der Waals surface area contributed by atoms with Crippen molar-refractivity contribution in [3.8, 4) is 27.9 Å². The van der Waals surface area contributed by atoms with Gasteiger partial charge in [-0.1, -0.05) is 109 Å². The zero-order chi connectivity index (χ0) is 36.3. The van der Waals surface area contributed by atoms with Crippen molar-refractivity contribution in [1.82, 2.24) is 9.55 Å². The van der Waals surface area contributed by atoms with Crippen LogP contribution in [0.4, 0.5) is 17.1 Å². The van der Waals surface area contributed by atoms with Crippen LogP contribution in [0.2, 0.25) is 0 Å². The van der Waals surface area contributed by atoms with Crippen LogP contribution in [0.5, 0.6) is 0 Å². The predicted molar refractivity (Wildman–Crippen MR) is 229 cm³/mol. The maximum atomic E-state index is 6.37. The van der Waals surface area contributed by atoms with Crippen LogP contribution in [0.25, 0.3) is 82.5 Å². The van der Waals surface area contributed by atoms with Gasteiger partial charge in [0.15, 0.2) is 0 Å². The van der Waals surface area contributed by atoms with Crippen molar-refractivity contribution in [2.45, 2.75) is 0 Å². The molecule has 0 fully saturated rings. The molecule has 11 aromatic rings. The third-order valence-corrected chi connectivity index (χ3v) is 10.8. The van der Waals surface area contributed by atoms with Gasteiger partial charge in [0.05, 0.1) is 11.0 Å². The van der Waals surface area contributed by atoms with E-state index in [9.17, 15) is 0 Å². The molecule has 0 saturated carbocycles. The monoisotopic (exact) mass is 703 g/mol. The van der Waals surface area contributed by atoms with E-state index in [1.165, 1.54) is 43.7 Å². The number of rotatable bonds is 6. The molecule has 0 saturated heterocycles. The van der Waals surface area contributed by atoms with Crippen LogP contribution in [0.1, 0.15) is 0 Å². The minimum Gasteiger partial charge on any atom is -0.456 e. The lowest BCUT2D eigenvalue weighted by atomic mass is 10.00. The van der Waals surface area contributed by atoms with Crippen LogP contribution >= 0.6 is 0 Å². The van der Waals surface area contributed by atoms with E-state index in [4.69, 9.17) is 4.42 Å².